The molecule has 4 nitrogen and oxygen atoms in total. The third-order valence-electron chi connectivity index (χ3n) is 11.2. The van der Waals surface area contributed by atoms with Crippen LogP contribution in [0.5, 0.6) is 23.0 Å². The van der Waals surface area contributed by atoms with Crippen LogP contribution in [0.15, 0.2) is 72.8 Å². The molecule has 0 saturated carbocycles. The Morgan fingerprint density at radius 1 is 0.315 bits per heavy atom. The third-order valence-corrected chi connectivity index (χ3v) is 11.2. The molecule has 0 N–H and O–H groups in total. The first kappa shape index (κ1) is 41.0. The molecular weight excluding hydrogens is 665 g/mol. The van der Waals surface area contributed by atoms with Crippen LogP contribution in [0.1, 0.15) is 128 Å². The number of unbranched alkanes of at least 4 members (excludes halogenated alkanes) is 14. The second-order valence-corrected chi connectivity index (χ2v) is 15.2. The number of ether oxygens (including phenoxy) is 4. The Hall–Kier alpha value is -4.18. The van der Waals surface area contributed by atoms with Crippen LogP contribution in [-0.2, 0) is 12.8 Å². The van der Waals surface area contributed by atoms with Gasteiger partial charge in [-0.05, 0) is 94.8 Å². The summed E-state index contributed by atoms with van der Waals surface area (Å²) in [6.45, 7) is 4.56. The van der Waals surface area contributed by atoms with E-state index in [1.165, 1.54) is 135 Å². The number of aryl methyl sites for hydroxylation is 2. The second-order valence-electron chi connectivity index (χ2n) is 15.2. The maximum absolute atomic E-state index is 6.09. The van der Waals surface area contributed by atoms with Crippen LogP contribution in [0.2, 0.25) is 0 Å². The maximum Gasteiger partial charge on any atom is 0.127 e. The molecule has 0 aliphatic rings. The molecule has 5 aromatic rings. The zero-order chi connectivity index (χ0) is 38.1. The Bertz CT molecular complexity index is 1770. The normalized spacial score (nSPS) is 11.4. The van der Waals surface area contributed by atoms with Gasteiger partial charge in [-0.3, -0.25) is 0 Å². The summed E-state index contributed by atoms with van der Waals surface area (Å²) in [5.41, 5.74) is 6.55. The quantitative estimate of drug-likeness (QED) is 0.0592. The van der Waals surface area contributed by atoms with E-state index in [9.17, 15) is 0 Å². The number of rotatable bonds is 24. The lowest BCUT2D eigenvalue weighted by Gasteiger charge is -2.19. The van der Waals surface area contributed by atoms with Crippen molar-refractivity contribution in [1.82, 2.24) is 0 Å². The van der Waals surface area contributed by atoms with Crippen LogP contribution >= 0.6 is 0 Å². The molecule has 54 heavy (non-hydrogen) atoms. The highest BCUT2D eigenvalue weighted by atomic mass is 16.5. The molecule has 0 bridgehead atoms. The summed E-state index contributed by atoms with van der Waals surface area (Å²) in [7, 11) is 6.94. The van der Waals surface area contributed by atoms with Crippen molar-refractivity contribution >= 4 is 21.5 Å². The van der Waals surface area contributed by atoms with Gasteiger partial charge in [0.15, 0.2) is 0 Å². The lowest BCUT2D eigenvalue weighted by molar-refractivity contribution is 0.402. The molecule has 0 amide bonds. The molecule has 0 aliphatic heterocycles. The Kier molecular flexibility index (Phi) is 16.4. The lowest BCUT2D eigenvalue weighted by Crippen LogP contribution is -1.97. The van der Waals surface area contributed by atoms with Gasteiger partial charge in [-0.2, -0.15) is 0 Å². The third kappa shape index (κ3) is 11.0. The molecule has 0 unspecified atom stereocenters. The van der Waals surface area contributed by atoms with Crippen molar-refractivity contribution < 1.29 is 18.9 Å². The topological polar surface area (TPSA) is 36.9 Å². The van der Waals surface area contributed by atoms with Crippen LogP contribution in [0.3, 0.4) is 0 Å². The molecule has 290 valence electrons. The van der Waals surface area contributed by atoms with Crippen LogP contribution in [0.4, 0.5) is 0 Å². The van der Waals surface area contributed by atoms with Gasteiger partial charge in [0.1, 0.15) is 23.0 Å². The van der Waals surface area contributed by atoms with Crippen LogP contribution in [0.25, 0.3) is 43.8 Å². The highest BCUT2D eigenvalue weighted by Crippen LogP contribution is 2.47. The van der Waals surface area contributed by atoms with E-state index < -0.39 is 0 Å². The lowest BCUT2D eigenvalue weighted by atomic mass is 9.93. The summed E-state index contributed by atoms with van der Waals surface area (Å²) >= 11 is 0. The summed E-state index contributed by atoms with van der Waals surface area (Å²) in [6.07, 6.45) is 23.6. The first-order valence-corrected chi connectivity index (χ1v) is 21.0. The van der Waals surface area contributed by atoms with Crippen LogP contribution in [-0.4, -0.2) is 28.4 Å². The van der Waals surface area contributed by atoms with Gasteiger partial charge in [-0.25, -0.2) is 0 Å². The summed E-state index contributed by atoms with van der Waals surface area (Å²) in [5, 5.41) is 4.73. The largest absolute Gasteiger partial charge is 0.496 e. The minimum Gasteiger partial charge on any atom is -0.496 e. The molecule has 0 saturated heterocycles. The summed E-state index contributed by atoms with van der Waals surface area (Å²) < 4.78 is 24.2. The van der Waals surface area contributed by atoms with Gasteiger partial charge in [0, 0.05) is 22.3 Å². The number of fused-ring (bicyclic) bond motifs is 2. The minimum absolute atomic E-state index is 0.748. The molecule has 0 heterocycles. The maximum atomic E-state index is 6.09. The average molecular weight is 731 g/mol. The Labute approximate surface area is 326 Å². The smallest absolute Gasteiger partial charge is 0.127 e. The molecule has 0 fully saturated rings. The van der Waals surface area contributed by atoms with Crippen molar-refractivity contribution in [3.05, 3.63) is 83.9 Å². The van der Waals surface area contributed by atoms with Crippen LogP contribution in [0, 0.1) is 0 Å². The monoisotopic (exact) mass is 730 g/mol. The predicted octanol–water partition coefficient (Wildman–Crippen LogP) is 14.7. The van der Waals surface area contributed by atoms with Crippen molar-refractivity contribution in [2.24, 2.45) is 0 Å². The van der Waals surface area contributed by atoms with E-state index in [4.69, 9.17) is 18.9 Å². The van der Waals surface area contributed by atoms with Gasteiger partial charge < -0.3 is 18.9 Å². The van der Waals surface area contributed by atoms with Gasteiger partial charge in [0.2, 0.25) is 0 Å². The molecule has 0 spiro atoms. The number of methoxy groups -OCH3 is 4. The van der Waals surface area contributed by atoms with E-state index in [1.807, 2.05) is 0 Å². The summed E-state index contributed by atoms with van der Waals surface area (Å²) in [5.74, 6) is 3.12. The molecule has 0 aliphatic carbocycles. The minimum atomic E-state index is 0.748. The molecule has 0 atom stereocenters. The standard InChI is InChI=1S/C50H66O4/c1-7-9-11-13-15-17-19-21-23-37-25-27-39-31-43(47(51-3)33-41(39)29-37)45-35-50(54-6)46(36-49(45)53-5)44-32-40-28-26-38(30-42(40)34-48(44)52-4)24-22-20-18-16-14-12-10-8-2/h25-36H,7-24H2,1-6H3. The predicted molar refractivity (Wildman–Crippen MR) is 231 cm³/mol. The van der Waals surface area contributed by atoms with Gasteiger partial charge >= 0.3 is 0 Å². The van der Waals surface area contributed by atoms with E-state index in [2.05, 4.69) is 86.6 Å². The van der Waals surface area contributed by atoms with Crippen molar-refractivity contribution in [3.63, 3.8) is 0 Å². The summed E-state index contributed by atoms with van der Waals surface area (Å²) in [4.78, 5) is 0. The van der Waals surface area contributed by atoms with Crippen molar-refractivity contribution in [2.45, 2.75) is 129 Å². The van der Waals surface area contributed by atoms with E-state index in [-0.39, 0.29) is 0 Å². The Morgan fingerprint density at radius 3 is 0.981 bits per heavy atom. The number of hydrogen-bond acceptors (Lipinski definition) is 4. The van der Waals surface area contributed by atoms with E-state index in [0.717, 1.165) is 58.1 Å². The summed E-state index contributed by atoms with van der Waals surface area (Å²) in [6, 6.07) is 26.6. The highest BCUT2D eigenvalue weighted by Gasteiger charge is 2.20. The van der Waals surface area contributed by atoms with Gasteiger partial charge in [-0.15, -0.1) is 0 Å². The fraction of sp³-hybridized carbons (Fsp3) is 0.480. The fourth-order valence-corrected chi connectivity index (χ4v) is 7.97. The van der Waals surface area contributed by atoms with E-state index in [1.54, 1.807) is 28.4 Å². The Morgan fingerprint density at radius 2 is 0.630 bits per heavy atom. The zero-order valence-corrected chi connectivity index (χ0v) is 34.3. The van der Waals surface area contributed by atoms with Gasteiger partial charge in [-0.1, -0.05) is 140 Å². The highest BCUT2D eigenvalue weighted by molar-refractivity contribution is 5.96. The van der Waals surface area contributed by atoms with Crippen molar-refractivity contribution in [1.29, 1.82) is 0 Å². The van der Waals surface area contributed by atoms with Gasteiger partial charge in [0.25, 0.3) is 0 Å². The van der Waals surface area contributed by atoms with Crippen molar-refractivity contribution in [3.8, 4) is 45.3 Å². The first-order valence-electron chi connectivity index (χ1n) is 21.0. The molecule has 0 radical (unpaired) electrons. The van der Waals surface area contributed by atoms with Gasteiger partial charge in [0.05, 0.1) is 28.4 Å². The SMILES string of the molecule is CCCCCCCCCCc1ccc2cc(-c3cc(OC)c(-c4cc5ccc(CCCCCCCCCC)cc5cc4OC)cc3OC)c(OC)cc2c1. The molecule has 0 aromatic heterocycles. The van der Waals surface area contributed by atoms with Crippen LogP contribution < -0.4 is 18.9 Å². The number of benzene rings is 5. The molecular formula is C50H66O4. The van der Waals surface area contributed by atoms with Crippen molar-refractivity contribution in [2.75, 3.05) is 28.4 Å². The fourth-order valence-electron chi connectivity index (χ4n) is 7.97. The molecule has 5 aromatic carbocycles. The second kappa shape index (κ2) is 21.6. The first-order chi connectivity index (χ1) is 26.5. The van der Waals surface area contributed by atoms with E-state index in [0.29, 0.717) is 0 Å². The molecule has 5 rings (SSSR count). The average Bonchev–Trinajstić information content (AvgIpc) is 3.21. The Balaban J connectivity index is 1.35. The number of hydrogen-bond donors (Lipinski definition) is 0. The van der Waals surface area contributed by atoms with E-state index >= 15 is 0 Å². The molecule has 4 heteroatoms. The zero-order valence-electron chi connectivity index (χ0n) is 34.3.